The summed E-state index contributed by atoms with van der Waals surface area (Å²) in [6.45, 7) is 1.76. The van der Waals surface area contributed by atoms with E-state index in [0.717, 1.165) is 0 Å². The molecule has 4 rings (SSSR count). The van der Waals surface area contributed by atoms with Crippen molar-refractivity contribution in [3.8, 4) is 12.3 Å². The van der Waals surface area contributed by atoms with Crippen molar-refractivity contribution in [2.45, 2.75) is 13.0 Å². The third-order valence-electron chi connectivity index (χ3n) is 4.51. The van der Waals surface area contributed by atoms with Gasteiger partial charge in [0.05, 0.1) is 11.4 Å². The lowest BCUT2D eigenvalue weighted by Crippen LogP contribution is -2.29. The van der Waals surface area contributed by atoms with Crippen LogP contribution in [0, 0.1) is 12.3 Å². The molecule has 0 radical (unpaired) electrons. The van der Waals surface area contributed by atoms with Crippen LogP contribution in [0.5, 0.6) is 0 Å². The van der Waals surface area contributed by atoms with Crippen LogP contribution in [-0.2, 0) is 0 Å². The first-order valence-corrected chi connectivity index (χ1v) is 8.52. The van der Waals surface area contributed by atoms with E-state index in [0.29, 0.717) is 27.7 Å². The number of H-pyrrole nitrogens is 1. The SMILES string of the molecule is C#Cc1cccc2cc(C(C)NC(=O)c3c(N)nn4cccnc34)[nH]c(=O)c12. The van der Waals surface area contributed by atoms with Gasteiger partial charge in [-0.1, -0.05) is 18.1 Å². The quantitative estimate of drug-likeness (QED) is 0.472. The van der Waals surface area contributed by atoms with Gasteiger partial charge in [0.2, 0.25) is 0 Å². The number of fused-ring (bicyclic) bond motifs is 2. The molecule has 0 saturated heterocycles. The Morgan fingerprint density at radius 3 is 3.00 bits per heavy atom. The number of aromatic nitrogens is 4. The van der Waals surface area contributed by atoms with E-state index in [4.69, 9.17) is 12.2 Å². The standard InChI is InChI=1S/C20H16N6O2/c1-3-12-6-4-7-13-10-14(24-19(27)15(12)13)11(2)23-20(28)16-17(21)25-26-9-5-8-22-18(16)26/h1,4-11H,2H3,(H2,21,25)(H,23,28)(H,24,27). The summed E-state index contributed by atoms with van der Waals surface area (Å²) in [7, 11) is 0. The Bertz CT molecular complexity index is 1330. The number of carbonyl (C=O) groups is 1. The summed E-state index contributed by atoms with van der Waals surface area (Å²) in [5, 5.41) is 8.06. The van der Waals surface area contributed by atoms with Crippen LogP contribution >= 0.6 is 0 Å². The molecule has 8 nitrogen and oxygen atoms in total. The number of benzene rings is 1. The smallest absolute Gasteiger partial charge is 0.259 e. The molecule has 1 amide bonds. The Kier molecular flexibility index (Phi) is 4.05. The second-order valence-electron chi connectivity index (χ2n) is 6.31. The summed E-state index contributed by atoms with van der Waals surface area (Å²) in [5.74, 6) is 2.16. The molecule has 0 fully saturated rings. The maximum Gasteiger partial charge on any atom is 0.259 e. The van der Waals surface area contributed by atoms with Gasteiger partial charge in [-0.25, -0.2) is 9.50 Å². The van der Waals surface area contributed by atoms with Crippen LogP contribution in [0.3, 0.4) is 0 Å². The van der Waals surface area contributed by atoms with Gasteiger partial charge in [-0.2, -0.15) is 0 Å². The highest BCUT2D eigenvalue weighted by Crippen LogP contribution is 2.20. The number of rotatable bonds is 3. The second-order valence-corrected chi connectivity index (χ2v) is 6.31. The van der Waals surface area contributed by atoms with Crippen LogP contribution in [0.4, 0.5) is 5.82 Å². The number of amides is 1. The van der Waals surface area contributed by atoms with E-state index >= 15 is 0 Å². The first-order chi connectivity index (χ1) is 13.5. The molecule has 28 heavy (non-hydrogen) atoms. The zero-order valence-corrected chi connectivity index (χ0v) is 14.9. The van der Waals surface area contributed by atoms with Crippen LogP contribution in [0.2, 0.25) is 0 Å². The molecule has 0 bridgehead atoms. The molecular weight excluding hydrogens is 356 g/mol. The van der Waals surface area contributed by atoms with E-state index in [9.17, 15) is 9.59 Å². The third-order valence-corrected chi connectivity index (χ3v) is 4.51. The number of nitrogens with one attached hydrogen (secondary N) is 2. The Labute approximate surface area is 159 Å². The molecule has 1 aromatic carbocycles. The van der Waals surface area contributed by atoms with Crippen molar-refractivity contribution in [3.05, 3.63) is 69.9 Å². The van der Waals surface area contributed by atoms with Gasteiger partial charge in [-0.15, -0.1) is 11.5 Å². The average Bonchev–Trinajstić information content (AvgIpc) is 3.02. The Hall–Kier alpha value is -4.12. The molecule has 4 aromatic rings. The van der Waals surface area contributed by atoms with E-state index in [1.165, 1.54) is 4.52 Å². The van der Waals surface area contributed by atoms with Gasteiger partial charge in [-0.05, 0) is 30.5 Å². The van der Waals surface area contributed by atoms with Crippen molar-refractivity contribution < 1.29 is 4.79 Å². The van der Waals surface area contributed by atoms with Gasteiger partial charge in [0.15, 0.2) is 11.5 Å². The highest BCUT2D eigenvalue weighted by molar-refractivity contribution is 6.04. The van der Waals surface area contributed by atoms with E-state index < -0.39 is 11.9 Å². The number of terminal acetylenes is 1. The summed E-state index contributed by atoms with van der Waals surface area (Å²) < 4.78 is 1.44. The van der Waals surface area contributed by atoms with Crippen molar-refractivity contribution in [2.75, 3.05) is 5.73 Å². The maximum atomic E-state index is 12.8. The number of anilines is 1. The van der Waals surface area contributed by atoms with Gasteiger partial charge >= 0.3 is 0 Å². The largest absolute Gasteiger partial charge is 0.381 e. The maximum absolute atomic E-state index is 12.8. The Morgan fingerprint density at radius 2 is 2.21 bits per heavy atom. The molecule has 0 aliphatic rings. The van der Waals surface area contributed by atoms with Crippen LogP contribution in [0.25, 0.3) is 16.4 Å². The molecule has 1 unspecified atom stereocenters. The first kappa shape index (κ1) is 17.3. The van der Waals surface area contributed by atoms with Crippen molar-refractivity contribution in [1.82, 2.24) is 24.9 Å². The molecule has 4 N–H and O–H groups in total. The summed E-state index contributed by atoms with van der Waals surface area (Å²) in [4.78, 5) is 32.2. The number of nitrogens with zero attached hydrogens (tertiary/aromatic N) is 3. The molecule has 8 heteroatoms. The van der Waals surface area contributed by atoms with Crippen LogP contribution in [0.15, 0.2) is 47.5 Å². The topological polar surface area (TPSA) is 118 Å². The number of carbonyl (C=O) groups excluding carboxylic acids is 1. The normalized spacial score (nSPS) is 12.0. The van der Waals surface area contributed by atoms with Crippen LogP contribution in [0.1, 0.15) is 34.6 Å². The molecule has 3 aromatic heterocycles. The van der Waals surface area contributed by atoms with Gasteiger partial charge in [0, 0.05) is 23.7 Å². The summed E-state index contributed by atoms with van der Waals surface area (Å²) in [6, 6.07) is 8.29. The van der Waals surface area contributed by atoms with Gasteiger partial charge < -0.3 is 16.0 Å². The minimum atomic E-state index is -0.489. The molecule has 0 aliphatic heterocycles. The molecule has 138 valence electrons. The number of hydrogen-bond donors (Lipinski definition) is 3. The molecule has 0 aliphatic carbocycles. The lowest BCUT2D eigenvalue weighted by molar-refractivity contribution is 0.0941. The minimum Gasteiger partial charge on any atom is -0.381 e. The van der Waals surface area contributed by atoms with Gasteiger partial charge in [-0.3, -0.25) is 9.59 Å². The predicted molar refractivity (Wildman–Crippen MR) is 106 cm³/mol. The lowest BCUT2D eigenvalue weighted by Gasteiger charge is -2.15. The monoisotopic (exact) mass is 372 g/mol. The molecular formula is C20H16N6O2. The molecule has 3 heterocycles. The first-order valence-electron chi connectivity index (χ1n) is 8.52. The van der Waals surface area contributed by atoms with Crippen molar-refractivity contribution in [3.63, 3.8) is 0 Å². The van der Waals surface area contributed by atoms with E-state index in [1.807, 2.05) is 0 Å². The molecule has 0 spiro atoms. The number of pyridine rings is 1. The summed E-state index contributed by atoms with van der Waals surface area (Å²) in [5.41, 5.74) is 7.19. The fourth-order valence-corrected chi connectivity index (χ4v) is 3.16. The van der Waals surface area contributed by atoms with Crippen molar-refractivity contribution in [2.24, 2.45) is 0 Å². The summed E-state index contributed by atoms with van der Waals surface area (Å²) in [6.07, 6.45) is 8.69. The van der Waals surface area contributed by atoms with Crippen molar-refractivity contribution in [1.29, 1.82) is 0 Å². The zero-order chi connectivity index (χ0) is 19.8. The molecule has 1 atom stereocenters. The van der Waals surface area contributed by atoms with Crippen LogP contribution < -0.4 is 16.6 Å². The van der Waals surface area contributed by atoms with Crippen molar-refractivity contribution >= 4 is 28.1 Å². The number of aromatic amines is 1. The second kappa shape index (κ2) is 6.55. The summed E-state index contributed by atoms with van der Waals surface area (Å²) >= 11 is 0. The number of nitrogens with two attached hydrogens (primary N) is 1. The number of hydrogen-bond acceptors (Lipinski definition) is 5. The Balaban J connectivity index is 1.69. The van der Waals surface area contributed by atoms with Crippen LogP contribution in [-0.4, -0.2) is 25.5 Å². The fourth-order valence-electron chi connectivity index (χ4n) is 3.16. The molecule has 0 saturated carbocycles. The predicted octanol–water partition coefficient (Wildman–Crippen LogP) is 1.63. The van der Waals surface area contributed by atoms with Gasteiger partial charge in [0.1, 0.15) is 5.56 Å². The number of nitrogen functional groups attached to an aromatic ring is 1. The lowest BCUT2D eigenvalue weighted by atomic mass is 10.0. The fraction of sp³-hybridized carbons (Fsp3) is 0.100. The van der Waals surface area contributed by atoms with E-state index in [-0.39, 0.29) is 16.9 Å². The minimum absolute atomic E-state index is 0.0778. The highest BCUT2D eigenvalue weighted by Gasteiger charge is 2.21. The Morgan fingerprint density at radius 1 is 1.39 bits per heavy atom. The average molecular weight is 372 g/mol. The van der Waals surface area contributed by atoms with Gasteiger partial charge in [0.25, 0.3) is 11.5 Å². The zero-order valence-electron chi connectivity index (χ0n) is 14.9. The van der Waals surface area contributed by atoms with E-state index in [1.54, 1.807) is 49.6 Å². The third kappa shape index (κ3) is 2.75. The highest BCUT2D eigenvalue weighted by atomic mass is 16.2. The van der Waals surface area contributed by atoms with E-state index in [2.05, 4.69) is 26.3 Å².